The third kappa shape index (κ3) is 6.78. The van der Waals surface area contributed by atoms with Crippen LogP contribution in [0.1, 0.15) is 35.7 Å². The molecule has 9 heteroatoms. The van der Waals surface area contributed by atoms with Crippen molar-refractivity contribution in [3.63, 3.8) is 0 Å². The zero-order valence-corrected chi connectivity index (χ0v) is 18.4. The summed E-state index contributed by atoms with van der Waals surface area (Å²) in [5.41, 5.74) is 6.39. The minimum atomic E-state index is -0.489. The van der Waals surface area contributed by atoms with Crippen molar-refractivity contribution >= 4 is 56.7 Å². The van der Waals surface area contributed by atoms with Crippen LogP contribution >= 0.6 is 39.7 Å². The Kier molecular flexibility index (Phi) is 8.22. The summed E-state index contributed by atoms with van der Waals surface area (Å²) in [4.78, 5) is 24.0. The minimum absolute atomic E-state index is 0.0343. The van der Waals surface area contributed by atoms with Gasteiger partial charge in [0.2, 0.25) is 0 Å². The fraction of sp³-hybridized carbons (Fsp3) is 0.211. The van der Waals surface area contributed by atoms with Gasteiger partial charge in [-0.1, -0.05) is 53.5 Å². The third-order valence-corrected chi connectivity index (χ3v) is 4.63. The van der Waals surface area contributed by atoms with Crippen LogP contribution in [0.2, 0.25) is 5.02 Å². The van der Waals surface area contributed by atoms with Crippen LogP contribution in [-0.2, 0) is 4.79 Å². The lowest BCUT2D eigenvalue weighted by molar-refractivity contribution is -0.123. The number of benzene rings is 2. The number of hydrogen-bond donors (Lipinski definition) is 3. The molecule has 2 rings (SSSR count). The first-order valence-corrected chi connectivity index (χ1v) is 9.92. The average Bonchev–Trinajstić information content (AvgIpc) is 2.65. The number of hydrazine groups is 1. The Bertz CT molecular complexity index is 875. The third-order valence-electron chi connectivity index (χ3n) is 3.63. The van der Waals surface area contributed by atoms with Crippen molar-refractivity contribution in [2.45, 2.75) is 19.8 Å². The SMILES string of the molecule is CC(C)c1ccc(C(=O)NC(=S)NNC(=O)COc2ccc(Br)cc2Cl)cc1. The highest BCUT2D eigenvalue weighted by Gasteiger charge is 2.10. The fourth-order valence-electron chi connectivity index (χ4n) is 2.12. The molecule has 3 N–H and O–H groups in total. The van der Waals surface area contributed by atoms with E-state index in [0.717, 1.165) is 10.0 Å². The molecule has 0 fully saturated rings. The number of halogens is 2. The van der Waals surface area contributed by atoms with Gasteiger partial charge in [0.05, 0.1) is 5.02 Å². The predicted octanol–water partition coefficient (Wildman–Crippen LogP) is 3.94. The van der Waals surface area contributed by atoms with Crippen LogP contribution in [-0.4, -0.2) is 23.5 Å². The molecule has 0 atom stereocenters. The van der Waals surface area contributed by atoms with Gasteiger partial charge in [-0.3, -0.25) is 25.8 Å². The smallest absolute Gasteiger partial charge is 0.276 e. The summed E-state index contributed by atoms with van der Waals surface area (Å²) in [6, 6.07) is 12.3. The standard InChI is InChI=1S/C19H19BrClN3O3S/c1-11(2)12-3-5-13(6-4-12)18(26)22-19(28)24-23-17(25)10-27-16-8-7-14(20)9-15(16)21/h3-9,11H,10H2,1-2H3,(H,23,25)(H2,22,24,26,28). The molecule has 0 radical (unpaired) electrons. The minimum Gasteiger partial charge on any atom is -0.482 e. The number of ether oxygens (including phenoxy) is 1. The van der Waals surface area contributed by atoms with Gasteiger partial charge in [-0.2, -0.15) is 0 Å². The van der Waals surface area contributed by atoms with Gasteiger partial charge in [0.15, 0.2) is 11.7 Å². The summed E-state index contributed by atoms with van der Waals surface area (Å²) in [7, 11) is 0. The molecular formula is C19H19BrClN3O3S. The van der Waals surface area contributed by atoms with Gasteiger partial charge in [-0.15, -0.1) is 0 Å². The van der Waals surface area contributed by atoms with E-state index in [1.54, 1.807) is 30.3 Å². The van der Waals surface area contributed by atoms with Crippen molar-refractivity contribution in [1.29, 1.82) is 0 Å². The molecule has 148 valence electrons. The lowest BCUT2D eigenvalue weighted by atomic mass is 10.0. The maximum Gasteiger partial charge on any atom is 0.276 e. The largest absolute Gasteiger partial charge is 0.482 e. The van der Waals surface area contributed by atoms with Crippen LogP contribution in [0.5, 0.6) is 5.75 Å². The lowest BCUT2D eigenvalue weighted by Gasteiger charge is -2.12. The Labute approximate surface area is 182 Å². The van der Waals surface area contributed by atoms with Crippen LogP contribution in [0.3, 0.4) is 0 Å². The highest BCUT2D eigenvalue weighted by atomic mass is 79.9. The zero-order valence-electron chi connectivity index (χ0n) is 15.2. The van der Waals surface area contributed by atoms with Crippen LogP contribution < -0.4 is 20.9 Å². The van der Waals surface area contributed by atoms with Crippen LogP contribution in [0.4, 0.5) is 0 Å². The van der Waals surface area contributed by atoms with Crippen molar-refractivity contribution in [3.05, 3.63) is 63.1 Å². The molecule has 0 aliphatic rings. The zero-order chi connectivity index (χ0) is 20.7. The maximum absolute atomic E-state index is 12.2. The summed E-state index contributed by atoms with van der Waals surface area (Å²) >= 11 is 14.3. The lowest BCUT2D eigenvalue weighted by Crippen LogP contribution is -2.49. The van der Waals surface area contributed by atoms with Gasteiger partial charge in [-0.05, 0) is 54.0 Å². The molecule has 0 heterocycles. The molecule has 0 spiro atoms. The quantitative estimate of drug-likeness (QED) is 0.442. The van der Waals surface area contributed by atoms with Gasteiger partial charge in [0.25, 0.3) is 11.8 Å². The molecule has 2 aromatic rings. The van der Waals surface area contributed by atoms with Crippen molar-refractivity contribution < 1.29 is 14.3 Å². The Morgan fingerprint density at radius 2 is 1.82 bits per heavy atom. The normalized spacial score (nSPS) is 10.3. The van der Waals surface area contributed by atoms with E-state index in [-0.39, 0.29) is 17.6 Å². The van der Waals surface area contributed by atoms with E-state index in [0.29, 0.717) is 22.3 Å². The Morgan fingerprint density at radius 3 is 2.43 bits per heavy atom. The van der Waals surface area contributed by atoms with E-state index in [1.807, 2.05) is 12.1 Å². The van der Waals surface area contributed by atoms with Crippen molar-refractivity contribution in [2.75, 3.05) is 6.61 Å². The first-order valence-electron chi connectivity index (χ1n) is 8.34. The molecule has 2 aromatic carbocycles. The molecule has 0 aliphatic heterocycles. The summed E-state index contributed by atoms with van der Waals surface area (Å²) in [6.07, 6.45) is 0. The number of carbonyl (C=O) groups excluding carboxylic acids is 2. The van der Waals surface area contributed by atoms with Gasteiger partial charge in [-0.25, -0.2) is 0 Å². The number of carbonyl (C=O) groups is 2. The van der Waals surface area contributed by atoms with Crippen LogP contribution in [0, 0.1) is 0 Å². The Hall–Kier alpha value is -2.16. The van der Waals surface area contributed by atoms with Crippen molar-refractivity contribution in [3.8, 4) is 5.75 Å². The first kappa shape index (κ1) is 22.1. The summed E-state index contributed by atoms with van der Waals surface area (Å²) in [6.45, 7) is 3.87. The molecule has 0 saturated carbocycles. The number of rotatable bonds is 5. The van der Waals surface area contributed by atoms with Crippen molar-refractivity contribution in [2.24, 2.45) is 0 Å². The second kappa shape index (κ2) is 10.4. The molecule has 0 aliphatic carbocycles. The number of thiocarbonyl (C=S) groups is 1. The number of nitrogens with one attached hydrogen (secondary N) is 3. The van der Waals surface area contributed by atoms with E-state index in [1.165, 1.54) is 0 Å². The highest BCUT2D eigenvalue weighted by molar-refractivity contribution is 9.10. The molecule has 0 unspecified atom stereocenters. The van der Waals surface area contributed by atoms with Crippen LogP contribution in [0.25, 0.3) is 0 Å². The number of amides is 2. The Balaban J connectivity index is 1.76. The molecule has 28 heavy (non-hydrogen) atoms. The molecule has 6 nitrogen and oxygen atoms in total. The van der Waals surface area contributed by atoms with E-state index < -0.39 is 5.91 Å². The van der Waals surface area contributed by atoms with Gasteiger partial charge >= 0.3 is 0 Å². The van der Waals surface area contributed by atoms with Gasteiger partial charge in [0.1, 0.15) is 5.75 Å². The molecule has 2 amide bonds. The molecule has 0 saturated heterocycles. The van der Waals surface area contributed by atoms with Crippen LogP contribution in [0.15, 0.2) is 46.9 Å². The monoisotopic (exact) mass is 483 g/mol. The summed E-state index contributed by atoms with van der Waals surface area (Å²) in [5, 5.41) is 2.83. The second-order valence-corrected chi connectivity index (χ2v) is 7.83. The number of hydrogen-bond acceptors (Lipinski definition) is 4. The molecule has 0 aromatic heterocycles. The average molecular weight is 485 g/mol. The van der Waals surface area contributed by atoms with E-state index in [2.05, 4.69) is 45.9 Å². The predicted molar refractivity (Wildman–Crippen MR) is 117 cm³/mol. The van der Waals surface area contributed by atoms with Crippen molar-refractivity contribution in [1.82, 2.24) is 16.2 Å². The highest BCUT2D eigenvalue weighted by Crippen LogP contribution is 2.27. The first-order chi connectivity index (χ1) is 13.3. The topological polar surface area (TPSA) is 79.5 Å². The Morgan fingerprint density at radius 1 is 1.14 bits per heavy atom. The summed E-state index contributed by atoms with van der Waals surface area (Å²) in [5.74, 6) is -0.109. The molecule has 0 bridgehead atoms. The van der Waals surface area contributed by atoms with E-state index in [4.69, 9.17) is 28.6 Å². The fourth-order valence-corrected chi connectivity index (χ4v) is 3.00. The van der Waals surface area contributed by atoms with E-state index >= 15 is 0 Å². The molecular weight excluding hydrogens is 466 g/mol. The summed E-state index contributed by atoms with van der Waals surface area (Å²) < 4.78 is 6.13. The maximum atomic E-state index is 12.2. The van der Waals surface area contributed by atoms with E-state index in [9.17, 15) is 9.59 Å². The van der Waals surface area contributed by atoms with Gasteiger partial charge < -0.3 is 4.74 Å². The van der Waals surface area contributed by atoms with Gasteiger partial charge in [0, 0.05) is 10.0 Å². The second-order valence-electron chi connectivity index (χ2n) is 6.10.